The number of anilines is 1. The zero-order valence-electron chi connectivity index (χ0n) is 14.6. The van der Waals surface area contributed by atoms with E-state index >= 15 is 0 Å². The monoisotopic (exact) mass is 354 g/mol. The predicted molar refractivity (Wildman–Crippen MR) is 100 cm³/mol. The zero-order valence-corrected chi connectivity index (χ0v) is 14.6. The largest absolute Gasteiger partial charge is 0.462 e. The van der Waals surface area contributed by atoms with E-state index in [4.69, 9.17) is 15.2 Å². The Hall–Kier alpha value is -3.28. The molecule has 1 amide bonds. The van der Waals surface area contributed by atoms with Crippen LogP contribution >= 0.6 is 0 Å². The Morgan fingerprint density at radius 2 is 1.88 bits per heavy atom. The summed E-state index contributed by atoms with van der Waals surface area (Å²) < 4.78 is 10.1. The summed E-state index contributed by atoms with van der Waals surface area (Å²) in [5, 5.41) is 2.62. The van der Waals surface area contributed by atoms with E-state index < -0.39 is 12.1 Å². The molecule has 136 valence electrons. The molecule has 0 radical (unpaired) electrons. The molecule has 0 aliphatic heterocycles. The van der Waals surface area contributed by atoms with Crippen LogP contribution in [0.4, 0.5) is 10.5 Å². The van der Waals surface area contributed by atoms with Crippen molar-refractivity contribution in [2.75, 3.05) is 18.9 Å². The summed E-state index contributed by atoms with van der Waals surface area (Å²) >= 11 is 0. The van der Waals surface area contributed by atoms with Crippen LogP contribution in [0.15, 0.2) is 54.6 Å². The summed E-state index contributed by atoms with van der Waals surface area (Å²) in [6, 6.07) is 14.3. The first-order valence-electron chi connectivity index (χ1n) is 8.28. The highest BCUT2D eigenvalue weighted by atomic mass is 16.5. The molecule has 0 bridgehead atoms. The first-order valence-corrected chi connectivity index (χ1v) is 8.28. The van der Waals surface area contributed by atoms with Crippen molar-refractivity contribution in [2.24, 2.45) is 0 Å². The molecule has 0 unspecified atom stereocenters. The van der Waals surface area contributed by atoms with E-state index in [0.29, 0.717) is 23.4 Å². The van der Waals surface area contributed by atoms with E-state index in [1.54, 1.807) is 37.3 Å². The van der Waals surface area contributed by atoms with Gasteiger partial charge in [-0.2, -0.15) is 0 Å². The summed E-state index contributed by atoms with van der Waals surface area (Å²) in [5.41, 5.74) is 8.45. The Kier molecular flexibility index (Phi) is 7.24. The molecular weight excluding hydrogens is 332 g/mol. The van der Waals surface area contributed by atoms with Crippen molar-refractivity contribution in [3.8, 4) is 0 Å². The number of hydrogen-bond acceptors (Lipinski definition) is 5. The number of nitrogens with two attached hydrogens (primary N) is 1. The van der Waals surface area contributed by atoms with Crippen molar-refractivity contribution in [2.45, 2.75) is 13.5 Å². The van der Waals surface area contributed by atoms with Crippen LogP contribution in [-0.4, -0.2) is 25.2 Å². The zero-order chi connectivity index (χ0) is 18.8. The van der Waals surface area contributed by atoms with Gasteiger partial charge in [-0.1, -0.05) is 42.5 Å². The lowest BCUT2D eigenvalue weighted by Gasteiger charge is -2.06. The van der Waals surface area contributed by atoms with Gasteiger partial charge in [-0.15, -0.1) is 0 Å². The fourth-order valence-electron chi connectivity index (χ4n) is 2.16. The molecule has 2 aromatic rings. The normalized spacial score (nSPS) is 10.5. The molecule has 6 nitrogen and oxygen atoms in total. The second kappa shape index (κ2) is 9.88. The van der Waals surface area contributed by atoms with Crippen molar-refractivity contribution in [3.05, 3.63) is 71.3 Å². The minimum absolute atomic E-state index is 0.213. The Labute approximate surface area is 152 Å². The van der Waals surface area contributed by atoms with Crippen LogP contribution in [0.5, 0.6) is 0 Å². The number of nitrogens with one attached hydrogen (secondary N) is 1. The molecule has 2 rings (SSSR count). The third-order valence-corrected chi connectivity index (χ3v) is 3.47. The molecule has 2 aromatic carbocycles. The molecule has 0 saturated carbocycles. The summed E-state index contributed by atoms with van der Waals surface area (Å²) in [4.78, 5) is 23.4. The van der Waals surface area contributed by atoms with E-state index in [1.165, 1.54) is 0 Å². The maximum atomic E-state index is 11.8. The van der Waals surface area contributed by atoms with Gasteiger partial charge >= 0.3 is 12.1 Å². The molecule has 0 aromatic heterocycles. The van der Waals surface area contributed by atoms with Crippen LogP contribution in [0.1, 0.15) is 28.4 Å². The highest BCUT2D eigenvalue weighted by Gasteiger charge is 2.08. The van der Waals surface area contributed by atoms with Crippen LogP contribution in [0.25, 0.3) is 6.08 Å². The minimum Gasteiger partial charge on any atom is -0.462 e. The maximum absolute atomic E-state index is 11.8. The third kappa shape index (κ3) is 5.98. The SMILES string of the molecule is CCOC(=O)c1ccc(N)c(C=CCNC(=O)OCc2ccccc2)c1. The topological polar surface area (TPSA) is 90.6 Å². The van der Waals surface area contributed by atoms with Gasteiger partial charge in [0.15, 0.2) is 0 Å². The molecule has 0 saturated heterocycles. The standard InChI is InChI=1S/C20H22N2O4/c1-2-25-19(23)17-10-11-18(21)16(13-17)9-6-12-22-20(24)26-14-15-7-4-3-5-8-15/h3-11,13H,2,12,14,21H2,1H3,(H,22,24). The summed E-state index contributed by atoms with van der Waals surface area (Å²) in [6.45, 7) is 2.55. The molecular formula is C20H22N2O4. The van der Waals surface area contributed by atoms with Crippen molar-refractivity contribution in [1.29, 1.82) is 0 Å². The van der Waals surface area contributed by atoms with Crippen LogP contribution < -0.4 is 11.1 Å². The second-order valence-corrected chi connectivity index (χ2v) is 5.41. The third-order valence-electron chi connectivity index (χ3n) is 3.47. The number of benzene rings is 2. The number of hydrogen-bond donors (Lipinski definition) is 2. The second-order valence-electron chi connectivity index (χ2n) is 5.41. The molecule has 26 heavy (non-hydrogen) atoms. The Balaban J connectivity index is 1.83. The quantitative estimate of drug-likeness (QED) is 0.587. The van der Waals surface area contributed by atoms with Gasteiger partial charge in [0.1, 0.15) is 6.61 Å². The van der Waals surface area contributed by atoms with E-state index in [2.05, 4.69) is 5.32 Å². The average Bonchev–Trinajstić information content (AvgIpc) is 2.66. The molecule has 3 N–H and O–H groups in total. The van der Waals surface area contributed by atoms with Gasteiger partial charge < -0.3 is 20.5 Å². The fourth-order valence-corrected chi connectivity index (χ4v) is 2.16. The Bertz CT molecular complexity index is 773. The van der Waals surface area contributed by atoms with E-state index in [1.807, 2.05) is 30.3 Å². The van der Waals surface area contributed by atoms with Gasteiger partial charge in [0.2, 0.25) is 0 Å². The smallest absolute Gasteiger partial charge is 0.407 e. The van der Waals surface area contributed by atoms with E-state index in [9.17, 15) is 9.59 Å². The molecule has 6 heteroatoms. The fraction of sp³-hybridized carbons (Fsp3) is 0.200. The van der Waals surface area contributed by atoms with Crippen LogP contribution in [0.3, 0.4) is 0 Å². The van der Waals surface area contributed by atoms with Gasteiger partial charge in [0, 0.05) is 12.2 Å². The lowest BCUT2D eigenvalue weighted by Crippen LogP contribution is -2.24. The van der Waals surface area contributed by atoms with Crippen molar-refractivity contribution in [3.63, 3.8) is 0 Å². The molecule has 0 heterocycles. The van der Waals surface area contributed by atoms with Crippen molar-refractivity contribution < 1.29 is 19.1 Å². The first kappa shape index (κ1) is 19.1. The molecule has 0 spiro atoms. The van der Waals surface area contributed by atoms with Crippen LogP contribution in [-0.2, 0) is 16.1 Å². The molecule has 0 atom stereocenters. The van der Waals surface area contributed by atoms with Gasteiger partial charge in [-0.05, 0) is 36.2 Å². The maximum Gasteiger partial charge on any atom is 0.407 e. The summed E-state index contributed by atoms with van der Waals surface area (Å²) in [6.07, 6.45) is 2.95. The molecule has 0 aliphatic carbocycles. The number of carbonyl (C=O) groups is 2. The highest BCUT2D eigenvalue weighted by Crippen LogP contribution is 2.16. The number of rotatable bonds is 7. The predicted octanol–water partition coefficient (Wildman–Crippen LogP) is 3.39. The molecule has 0 aliphatic rings. The van der Waals surface area contributed by atoms with Crippen LogP contribution in [0, 0.1) is 0 Å². The Morgan fingerprint density at radius 1 is 1.12 bits per heavy atom. The highest BCUT2D eigenvalue weighted by molar-refractivity contribution is 5.91. The number of nitrogen functional groups attached to an aromatic ring is 1. The summed E-state index contributed by atoms with van der Waals surface area (Å²) in [7, 11) is 0. The summed E-state index contributed by atoms with van der Waals surface area (Å²) in [5.74, 6) is -0.398. The van der Waals surface area contributed by atoms with Gasteiger partial charge in [-0.25, -0.2) is 9.59 Å². The number of alkyl carbamates (subject to hydrolysis) is 1. The number of amides is 1. The van der Waals surface area contributed by atoms with Crippen molar-refractivity contribution >= 4 is 23.8 Å². The lowest BCUT2D eigenvalue weighted by atomic mass is 10.1. The average molecular weight is 354 g/mol. The number of esters is 1. The van der Waals surface area contributed by atoms with Gasteiger partial charge in [0.25, 0.3) is 0 Å². The van der Waals surface area contributed by atoms with Gasteiger partial charge in [-0.3, -0.25) is 0 Å². The van der Waals surface area contributed by atoms with E-state index in [0.717, 1.165) is 5.56 Å². The first-order chi connectivity index (χ1) is 12.6. The van der Waals surface area contributed by atoms with E-state index in [-0.39, 0.29) is 13.2 Å². The number of carbonyl (C=O) groups excluding carboxylic acids is 2. The number of ether oxygens (including phenoxy) is 2. The van der Waals surface area contributed by atoms with Crippen LogP contribution in [0.2, 0.25) is 0 Å². The minimum atomic E-state index is -0.508. The molecule has 0 fully saturated rings. The van der Waals surface area contributed by atoms with Gasteiger partial charge in [0.05, 0.1) is 12.2 Å². The van der Waals surface area contributed by atoms with Crippen molar-refractivity contribution in [1.82, 2.24) is 5.32 Å². The Morgan fingerprint density at radius 3 is 2.62 bits per heavy atom. The lowest BCUT2D eigenvalue weighted by molar-refractivity contribution is 0.0526.